The molecule has 1 aliphatic heterocycles. The second kappa shape index (κ2) is 5.59. The number of furan rings is 1. The Morgan fingerprint density at radius 3 is 2.80 bits per heavy atom. The third kappa shape index (κ3) is 2.65. The first kappa shape index (κ1) is 13.1. The van der Waals surface area contributed by atoms with Crippen molar-refractivity contribution in [3.8, 4) is 0 Å². The van der Waals surface area contributed by atoms with Crippen molar-refractivity contribution in [3.05, 3.63) is 53.4 Å². The molecule has 3 rings (SSSR count). The van der Waals surface area contributed by atoms with Gasteiger partial charge in [0.2, 0.25) is 0 Å². The Kier molecular flexibility index (Phi) is 3.65. The minimum Gasteiger partial charge on any atom is -0.467 e. The molecule has 1 saturated heterocycles. The number of carbonyl (C=O) groups is 1. The van der Waals surface area contributed by atoms with Crippen molar-refractivity contribution < 1.29 is 9.21 Å². The summed E-state index contributed by atoms with van der Waals surface area (Å²) in [5, 5.41) is 3.54. The van der Waals surface area contributed by atoms with Crippen molar-refractivity contribution in [3.63, 3.8) is 0 Å². The van der Waals surface area contributed by atoms with Gasteiger partial charge in [-0.15, -0.1) is 0 Å². The summed E-state index contributed by atoms with van der Waals surface area (Å²) in [6, 6.07) is 10.8. The predicted octanol–water partition coefficient (Wildman–Crippen LogP) is 4.30. The van der Waals surface area contributed by atoms with E-state index in [4.69, 9.17) is 16.0 Å². The number of nitrogens with one attached hydrogen (secondary N) is 1. The second-order valence-corrected chi connectivity index (χ2v) is 5.24. The van der Waals surface area contributed by atoms with E-state index >= 15 is 0 Å². The molecule has 2 heterocycles. The summed E-state index contributed by atoms with van der Waals surface area (Å²) in [6.45, 7) is 0.741. The van der Waals surface area contributed by atoms with Crippen LogP contribution in [0.2, 0.25) is 5.02 Å². The molecule has 0 aliphatic carbocycles. The lowest BCUT2D eigenvalue weighted by Gasteiger charge is -2.23. The van der Waals surface area contributed by atoms with Crippen LogP contribution in [0.5, 0.6) is 0 Å². The largest absolute Gasteiger partial charge is 0.467 e. The van der Waals surface area contributed by atoms with Gasteiger partial charge in [0.05, 0.1) is 12.3 Å². The van der Waals surface area contributed by atoms with Crippen molar-refractivity contribution in [1.82, 2.24) is 4.90 Å². The van der Waals surface area contributed by atoms with E-state index in [1.54, 1.807) is 30.5 Å². The van der Waals surface area contributed by atoms with Gasteiger partial charge in [0, 0.05) is 17.3 Å². The number of likely N-dealkylation sites (tertiary alicyclic amines) is 1. The molecule has 0 radical (unpaired) electrons. The molecule has 0 saturated carbocycles. The number of hydrogen-bond donors (Lipinski definition) is 1. The van der Waals surface area contributed by atoms with Crippen LogP contribution in [-0.2, 0) is 0 Å². The van der Waals surface area contributed by atoms with E-state index < -0.39 is 0 Å². The zero-order valence-corrected chi connectivity index (χ0v) is 11.6. The first-order valence-corrected chi connectivity index (χ1v) is 6.98. The topological polar surface area (TPSA) is 45.5 Å². The van der Waals surface area contributed by atoms with E-state index in [-0.39, 0.29) is 12.1 Å². The molecule has 5 heteroatoms. The smallest absolute Gasteiger partial charge is 0.322 e. The minimum atomic E-state index is -0.105. The molecule has 20 heavy (non-hydrogen) atoms. The summed E-state index contributed by atoms with van der Waals surface area (Å²) < 4.78 is 5.42. The first-order chi connectivity index (χ1) is 9.74. The molecule has 2 amide bonds. The lowest BCUT2D eigenvalue weighted by molar-refractivity contribution is 0.200. The number of halogens is 1. The Hall–Kier alpha value is -1.94. The third-order valence-corrected chi connectivity index (χ3v) is 3.73. The fourth-order valence-electron chi connectivity index (χ4n) is 2.51. The van der Waals surface area contributed by atoms with Crippen molar-refractivity contribution >= 4 is 23.3 Å². The van der Waals surface area contributed by atoms with E-state index in [1.807, 2.05) is 17.0 Å². The van der Waals surface area contributed by atoms with E-state index in [1.165, 1.54) is 0 Å². The zero-order chi connectivity index (χ0) is 13.9. The average Bonchev–Trinajstić information content (AvgIpc) is 3.11. The van der Waals surface area contributed by atoms with Crippen molar-refractivity contribution in [2.45, 2.75) is 18.9 Å². The lowest BCUT2D eigenvalue weighted by atomic mass is 10.2. The van der Waals surface area contributed by atoms with Crippen LogP contribution < -0.4 is 5.32 Å². The normalized spacial score (nSPS) is 18.2. The Morgan fingerprint density at radius 2 is 2.10 bits per heavy atom. The Balaban J connectivity index is 1.71. The molecule has 4 nitrogen and oxygen atoms in total. The van der Waals surface area contributed by atoms with Gasteiger partial charge in [-0.3, -0.25) is 0 Å². The molecule has 1 aliphatic rings. The lowest BCUT2D eigenvalue weighted by Crippen LogP contribution is -2.34. The number of carbonyl (C=O) groups excluding carboxylic acids is 1. The molecule has 1 atom stereocenters. The van der Waals surface area contributed by atoms with Crippen LogP contribution in [0.4, 0.5) is 10.5 Å². The molecule has 1 aromatic heterocycles. The average molecular weight is 291 g/mol. The van der Waals surface area contributed by atoms with Gasteiger partial charge in [0.15, 0.2) is 0 Å². The second-order valence-electron chi connectivity index (χ2n) is 4.80. The number of hydrogen-bond acceptors (Lipinski definition) is 2. The van der Waals surface area contributed by atoms with E-state index in [0.717, 1.165) is 30.8 Å². The van der Waals surface area contributed by atoms with Crippen LogP contribution >= 0.6 is 11.6 Å². The summed E-state index contributed by atoms with van der Waals surface area (Å²) >= 11 is 5.83. The maximum Gasteiger partial charge on any atom is 0.322 e. The third-order valence-electron chi connectivity index (χ3n) is 3.48. The number of anilines is 1. The molecular weight excluding hydrogens is 276 g/mol. The molecule has 1 aromatic carbocycles. The summed E-state index contributed by atoms with van der Waals surface area (Å²) in [4.78, 5) is 14.2. The molecule has 0 spiro atoms. The van der Waals surface area contributed by atoms with Gasteiger partial charge in [-0.2, -0.15) is 0 Å². The zero-order valence-electron chi connectivity index (χ0n) is 10.9. The molecule has 0 unspecified atom stereocenters. The first-order valence-electron chi connectivity index (χ1n) is 6.60. The minimum absolute atomic E-state index is 0.0253. The van der Waals surface area contributed by atoms with Crippen molar-refractivity contribution in [1.29, 1.82) is 0 Å². The van der Waals surface area contributed by atoms with Crippen LogP contribution in [0.25, 0.3) is 0 Å². The van der Waals surface area contributed by atoms with Gasteiger partial charge in [0.25, 0.3) is 0 Å². The molecule has 1 N–H and O–H groups in total. The number of nitrogens with zero attached hydrogens (tertiary/aromatic N) is 1. The fourth-order valence-corrected chi connectivity index (χ4v) is 2.64. The van der Waals surface area contributed by atoms with E-state index in [2.05, 4.69) is 5.32 Å². The van der Waals surface area contributed by atoms with Crippen LogP contribution in [0.15, 0.2) is 47.1 Å². The number of rotatable bonds is 2. The summed E-state index contributed by atoms with van der Waals surface area (Å²) in [6.07, 6.45) is 3.56. The Bertz CT molecular complexity index is 580. The number of benzene rings is 1. The van der Waals surface area contributed by atoms with Gasteiger partial charge in [-0.1, -0.05) is 11.6 Å². The molecule has 0 bridgehead atoms. The van der Waals surface area contributed by atoms with Crippen molar-refractivity contribution in [2.75, 3.05) is 11.9 Å². The number of urea groups is 1. The molecule has 1 fully saturated rings. The van der Waals surface area contributed by atoms with E-state index in [9.17, 15) is 4.79 Å². The highest BCUT2D eigenvalue weighted by molar-refractivity contribution is 6.30. The van der Waals surface area contributed by atoms with Crippen LogP contribution in [0.3, 0.4) is 0 Å². The highest BCUT2D eigenvalue weighted by atomic mass is 35.5. The highest BCUT2D eigenvalue weighted by Crippen LogP contribution is 2.32. The Morgan fingerprint density at radius 1 is 1.30 bits per heavy atom. The monoisotopic (exact) mass is 290 g/mol. The standard InChI is InChI=1S/C15H15ClN2O2/c16-11-5-7-12(8-6-11)17-15(19)18-9-1-3-13(18)14-4-2-10-20-14/h2,4-8,10,13H,1,3,9H2,(H,17,19)/t13-/m0/s1. The highest BCUT2D eigenvalue weighted by Gasteiger charge is 2.31. The van der Waals surface area contributed by atoms with Crippen LogP contribution in [0.1, 0.15) is 24.6 Å². The fraction of sp³-hybridized carbons (Fsp3) is 0.267. The van der Waals surface area contributed by atoms with Crippen LogP contribution in [-0.4, -0.2) is 17.5 Å². The van der Waals surface area contributed by atoms with Gasteiger partial charge in [-0.25, -0.2) is 4.79 Å². The summed E-state index contributed by atoms with van der Waals surface area (Å²) in [7, 11) is 0. The van der Waals surface area contributed by atoms with Gasteiger partial charge in [-0.05, 0) is 49.2 Å². The molecule has 2 aromatic rings. The Labute approximate surface area is 122 Å². The summed E-state index contributed by atoms with van der Waals surface area (Å²) in [5.41, 5.74) is 0.740. The maximum atomic E-state index is 12.3. The predicted molar refractivity (Wildman–Crippen MR) is 77.9 cm³/mol. The SMILES string of the molecule is O=C(Nc1ccc(Cl)cc1)N1CCC[C@H]1c1ccco1. The van der Waals surface area contributed by atoms with Gasteiger partial charge < -0.3 is 14.6 Å². The quantitative estimate of drug-likeness (QED) is 0.896. The van der Waals surface area contributed by atoms with Gasteiger partial charge in [0.1, 0.15) is 5.76 Å². The summed E-state index contributed by atoms with van der Waals surface area (Å²) in [5.74, 6) is 0.841. The maximum absolute atomic E-state index is 12.3. The molecular formula is C15H15ClN2O2. The van der Waals surface area contributed by atoms with Crippen molar-refractivity contribution in [2.24, 2.45) is 0 Å². The molecule has 104 valence electrons. The van der Waals surface area contributed by atoms with Gasteiger partial charge >= 0.3 is 6.03 Å². The number of amides is 2. The van der Waals surface area contributed by atoms with E-state index in [0.29, 0.717) is 5.02 Å². The van der Waals surface area contributed by atoms with Crippen LogP contribution in [0, 0.1) is 0 Å².